The van der Waals surface area contributed by atoms with Crippen LogP contribution in [0.4, 0.5) is 26.1 Å². The lowest BCUT2D eigenvalue weighted by Crippen LogP contribution is -2.25. The molecule has 1 atom stereocenters. The largest absolute Gasteiger partial charge is 0.368 e. The van der Waals surface area contributed by atoms with Gasteiger partial charge < -0.3 is 15.1 Å². The third-order valence-electron chi connectivity index (χ3n) is 5.42. The first-order valence-electron chi connectivity index (χ1n) is 10.6. The third-order valence-corrected chi connectivity index (χ3v) is 5.42. The van der Waals surface area contributed by atoms with Crippen molar-refractivity contribution in [3.05, 3.63) is 77.9 Å². The smallest absolute Gasteiger partial charge is 0.214 e. The molecule has 0 radical (unpaired) electrons. The van der Waals surface area contributed by atoms with E-state index in [1.54, 1.807) is 23.4 Å². The number of alkyl halides is 1. The van der Waals surface area contributed by atoms with Crippen molar-refractivity contribution in [1.82, 2.24) is 9.97 Å². The third kappa shape index (κ3) is 5.38. The number of benzene rings is 1. The summed E-state index contributed by atoms with van der Waals surface area (Å²) < 4.78 is 27.2. The number of carbonyl (C=O) groups excluding carboxylic acids is 1. The van der Waals surface area contributed by atoms with E-state index >= 15 is 0 Å². The van der Waals surface area contributed by atoms with E-state index in [4.69, 9.17) is 4.98 Å². The van der Waals surface area contributed by atoms with E-state index in [-0.39, 0.29) is 5.82 Å². The minimum Gasteiger partial charge on any atom is -0.368 e. The summed E-state index contributed by atoms with van der Waals surface area (Å²) in [5.41, 5.74) is 2.36. The predicted molar refractivity (Wildman–Crippen MR) is 121 cm³/mol. The van der Waals surface area contributed by atoms with Crippen LogP contribution in [-0.4, -0.2) is 42.2 Å². The summed E-state index contributed by atoms with van der Waals surface area (Å²) in [5, 5.41) is 3.29. The zero-order valence-corrected chi connectivity index (χ0v) is 17.6. The van der Waals surface area contributed by atoms with E-state index in [0.29, 0.717) is 56.3 Å². The van der Waals surface area contributed by atoms with Crippen molar-refractivity contribution < 1.29 is 13.6 Å². The van der Waals surface area contributed by atoms with Crippen LogP contribution in [0.1, 0.15) is 17.5 Å². The van der Waals surface area contributed by atoms with E-state index in [1.165, 1.54) is 12.1 Å². The van der Waals surface area contributed by atoms with Crippen molar-refractivity contribution in [2.75, 3.05) is 34.8 Å². The number of carbonyl (C=O) groups is 1. The minimum absolute atomic E-state index is 0.276. The Balaban J connectivity index is 1.56. The van der Waals surface area contributed by atoms with Gasteiger partial charge in [-0.25, -0.2) is 13.8 Å². The number of nitrogens with one attached hydrogen (secondary N) is 1. The molecule has 4 rings (SSSR count). The molecular weight excluding hydrogens is 412 g/mol. The molecule has 1 amide bonds. The summed E-state index contributed by atoms with van der Waals surface area (Å²) in [5.74, 6) is 0.910. The van der Waals surface area contributed by atoms with Crippen molar-refractivity contribution in [3.8, 4) is 0 Å². The van der Waals surface area contributed by atoms with Gasteiger partial charge in [0.15, 0.2) is 5.82 Å². The van der Waals surface area contributed by atoms with Crippen LogP contribution in [0.25, 0.3) is 0 Å². The molecule has 1 aliphatic rings. The molecule has 0 saturated carbocycles. The first kappa shape index (κ1) is 21.7. The number of rotatable bonds is 9. The molecule has 6 nitrogen and oxygen atoms in total. The van der Waals surface area contributed by atoms with Gasteiger partial charge in [-0.1, -0.05) is 18.2 Å². The molecule has 166 valence electrons. The average molecular weight is 437 g/mol. The number of hydrogen-bond acceptors (Lipinski definition) is 5. The molecule has 1 aliphatic heterocycles. The number of hydrogen-bond donors (Lipinski definition) is 1. The van der Waals surface area contributed by atoms with Crippen LogP contribution in [0.3, 0.4) is 0 Å². The van der Waals surface area contributed by atoms with Crippen LogP contribution in [0.2, 0.25) is 0 Å². The zero-order valence-electron chi connectivity index (χ0n) is 17.6. The summed E-state index contributed by atoms with van der Waals surface area (Å²) in [7, 11) is 0. The zero-order chi connectivity index (χ0) is 22.3. The molecular formula is C24H25F2N5O. The van der Waals surface area contributed by atoms with Gasteiger partial charge in [0.25, 0.3) is 0 Å². The number of aromatic nitrogens is 2. The van der Waals surface area contributed by atoms with Crippen molar-refractivity contribution >= 4 is 23.7 Å². The molecule has 1 fully saturated rings. The van der Waals surface area contributed by atoms with Crippen molar-refractivity contribution in [2.45, 2.75) is 25.6 Å². The van der Waals surface area contributed by atoms with Gasteiger partial charge in [0, 0.05) is 25.5 Å². The summed E-state index contributed by atoms with van der Waals surface area (Å²) in [6.45, 7) is 1.75. The minimum atomic E-state index is -0.863. The van der Waals surface area contributed by atoms with Gasteiger partial charge in [0.1, 0.15) is 17.8 Å². The lowest BCUT2D eigenvalue weighted by atomic mass is 10.1. The highest BCUT2D eigenvalue weighted by Crippen LogP contribution is 2.29. The molecule has 1 saturated heterocycles. The van der Waals surface area contributed by atoms with Crippen LogP contribution in [0.15, 0.2) is 60.9 Å². The second kappa shape index (κ2) is 10.2. The van der Waals surface area contributed by atoms with Crippen LogP contribution in [0, 0.1) is 5.82 Å². The van der Waals surface area contributed by atoms with Crippen molar-refractivity contribution in [2.24, 2.45) is 0 Å². The highest BCUT2D eigenvalue weighted by Gasteiger charge is 2.24. The van der Waals surface area contributed by atoms with Gasteiger partial charge in [-0.3, -0.25) is 9.78 Å². The molecule has 0 unspecified atom stereocenters. The lowest BCUT2D eigenvalue weighted by Gasteiger charge is -2.24. The van der Waals surface area contributed by atoms with E-state index in [9.17, 15) is 13.6 Å². The van der Waals surface area contributed by atoms with Gasteiger partial charge in [0.2, 0.25) is 6.41 Å². The summed E-state index contributed by atoms with van der Waals surface area (Å²) >= 11 is 0. The standard InChI is InChI=1S/C24H25F2N5O/c25-20-5-1-3-18(13-20)8-11-28-24-22(31(17-32)15-19-4-2-10-27-14-19)6-7-23(29-24)30-12-9-21(26)16-30/h1-7,10,13-14,17,21H,8-9,11-12,15-16H2,(H,28,29)/t21-/m1/s1. The Bertz CT molecular complexity index is 1050. The first-order chi connectivity index (χ1) is 15.6. The molecule has 1 aromatic carbocycles. The highest BCUT2D eigenvalue weighted by molar-refractivity contribution is 5.82. The van der Waals surface area contributed by atoms with E-state index in [2.05, 4.69) is 10.3 Å². The molecule has 0 spiro atoms. The fraction of sp³-hybridized carbons (Fsp3) is 0.292. The summed E-state index contributed by atoms with van der Waals surface area (Å²) in [6, 6.07) is 13.8. The number of amides is 1. The molecule has 32 heavy (non-hydrogen) atoms. The number of nitrogens with zero attached hydrogens (tertiary/aromatic N) is 4. The molecule has 1 N–H and O–H groups in total. The van der Waals surface area contributed by atoms with Crippen molar-refractivity contribution in [3.63, 3.8) is 0 Å². The predicted octanol–water partition coefficient (Wildman–Crippen LogP) is 3.98. The average Bonchev–Trinajstić information content (AvgIpc) is 3.25. The normalized spacial score (nSPS) is 15.6. The second-order valence-corrected chi connectivity index (χ2v) is 7.77. The van der Waals surface area contributed by atoms with Crippen LogP contribution in [-0.2, 0) is 17.8 Å². The Hall–Kier alpha value is -3.55. The Kier molecular flexibility index (Phi) is 6.89. The van der Waals surface area contributed by atoms with Crippen LogP contribution in [0.5, 0.6) is 0 Å². The quantitative estimate of drug-likeness (QED) is 0.513. The molecule has 8 heteroatoms. The second-order valence-electron chi connectivity index (χ2n) is 7.77. The maximum atomic E-state index is 13.7. The van der Waals surface area contributed by atoms with E-state index < -0.39 is 6.17 Å². The molecule has 3 heterocycles. The molecule has 0 bridgehead atoms. The Morgan fingerprint density at radius 2 is 2.06 bits per heavy atom. The maximum Gasteiger partial charge on any atom is 0.214 e. The van der Waals surface area contributed by atoms with Crippen molar-refractivity contribution in [1.29, 1.82) is 0 Å². The molecule has 2 aromatic heterocycles. The van der Waals surface area contributed by atoms with Gasteiger partial charge in [0.05, 0.1) is 18.8 Å². The summed E-state index contributed by atoms with van der Waals surface area (Å²) in [4.78, 5) is 24.2. The van der Waals surface area contributed by atoms with Gasteiger partial charge in [-0.05, 0) is 54.3 Å². The van der Waals surface area contributed by atoms with Gasteiger partial charge in [-0.15, -0.1) is 0 Å². The van der Waals surface area contributed by atoms with E-state index in [1.807, 2.05) is 35.2 Å². The Morgan fingerprint density at radius 3 is 2.78 bits per heavy atom. The fourth-order valence-corrected chi connectivity index (χ4v) is 3.79. The Labute approximate surface area is 185 Å². The van der Waals surface area contributed by atoms with Gasteiger partial charge in [-0.2, -0.15) is 0 Å². The number of halogens is 2. The monoisotopic (exact) mass is 437 g/mol. The fourth-order valence-electron chi connectivity index (χ4n) is 3.79. The van der Waals surface area contributed by atoms with Crippen LogP contribution >= 0.6 is 0 Å². The number of pyridine rings is 2. The Morgan fingerprint density at radius 1 is 1.19 bits per heavy atom. The first-order valence-corrected chi connectivity index (χ1v) is 10.6. The number of anilines is 3. The molecule has 0 aliphatic carbocycles. The lowest BCUT2D eigenvalue weighted by molar-refractivity contribution is -0.107. The molecule has 3 aromatic rings. The summed E-state index contributed by atoms with van der Waals surface area (Å²) in [6.07, 6.45) is 4.35. The topological polar surface area (TPSA) is 61.4 Å². The maximum absolute atomic E-state index is 13.7. The van der Waals surface area contributed by atoms with Crippen LogP contribution < -0.4 is 15.1 Å². The van der Waals surface area contributed by atoms with Gasteiger partial charge >= 0.3 is 0 Å². The highest BCUT2D eigenvalue weighted by atomic mass is 19.1. The SMILES string of the molecule is O=CN(Cc1cccnc1)c1ccc(N2CC[C@@H](F)C2)nc1NCCc1cccc(F)c1. The van der Waals surface area contributed by atoms with E-state index in [0.717, 1.165) is 17.5 Å².